The van der Waals surface area contributed by atoms with Gasteiger partial charge in [0.25, 0.3) is 5.56 Å². The third kappa shape index (κ3) is 3.38. The summed E-state index contributed by atoms with van der Waals surface area (Å²) < 4.78 is 1.78. The number of nitrogens with one attached hydrogen (secondary N) is 2. The average molecular weight is 346 g/mol. The van der Waals surface area contributed by atoms with Gasteiger partial charge in [0, 0.05) is 25.6 Å². The van der Waals surface area contributed by atoms with E-state index >= 15 is 0 Å². The van der Waals surface area contributed by atoms with Crippen molar-refractivity contribution < 1.29 is 4.79 Å². The molecule has 136 valence electrons. The van der Waals surface area contributed by atoms with Crippen LogP contribution in [-0.2, 0) is 10.3 Å². The van der Waals surface area contributed by atoms with Crippen LogP contribution in [0.1, 0.15) is 40.5 Å². The van der Waals surface area contributed by atoms with Gasteiger partial charge in [0.05, 0.1) is 11.7 Å². The highest BCUT2D eigenvalue weighted by Crippen LogP contribution is 2.23. The Kier molecular flexibility index (Phi) is 4.53. The molecule has 0 saturated carbocycles. The van der Waals surface area contributed by atoms with Crippen molar-refractivity contribution in [3.05, 3.63) is 16.6 Å². The Labute approximate surface area is 146 Å². The van der Waals surface area contributed by atoms with Crippen molar-refractivity contribution in [3.63, 3.8) is 0 Å². The van der Waals surface area contributed by atoms with Gasteiger partial charge in [-0.3, -0.25) is 14.6 Å². The maximum atomic E-state index is 12.4. The fourth-order valence-corrected chi connectivity index (χ4v) is 3.22. The molecule has 3 rings (SSSR count). The minimum atomic E-state index is -0.259. The molecule has 25 heavy (non-hydrogen) atoms. The molecule has 1 amide bonds. The van der Waals surface area contributed by atoms with E-state index in [1.165, 1.54) is 0 Å². The van der Waals surface area contributed by atoms with Crippen molar-refractivity contribution >= 4 is 22.9 Å². The standard InChI is InChI=1S/C17H26N6O2/c1-5-18-14(24)11-6-8-22(9-7-11)16-20-13-12(15(25)21-16)10-19-23(13)17(2,3)4/h10-11H,5-9H2,1-4H3,(H,18,24)(H,20,21,25). The molecule has 0 atom stereocenters. The number of carbonyl (C=O) groups is 1. The summed E-state index contributed by atoms with van der Waals surface area (Å²) in [5.41, 5.74) is 0.156. The van der Waals surface area contributed by atoms with Crippen LogP contribution in [0.25, 0.3) is 11.0 Å². The molecule has 0 unspecified atom stereocenters. The molecule has 8 heteroatoms. The summed E-state index contributed by atoms with van der Waals surface area (Å²) in [6.45, 7) is 10.1. The van der Waals surface area contributed by atoms with Gasteiger partial charge in [-0.1, -0.05) is 0 Å². The SMILES string of the molecule is CCNC(=O)C1CCN(c2nc3c(cnn3C(C)(C)C)c(=O)[nH]2)CC1. The van der Waals surface area contributed by atoms with Crippen molar-refractivity contribution in [1.82, 2.24) is 25.1 Å². The molecule has 3 heterocycles. The Morgan fingerprint density at radius 3 is 2.64 bits per heavy atom. The molecule has 2 N–H and O–H groups in total. The molecule has 0 aromatic carbocycles. The van der Waals surface area contributed by atoms with Crippen LogP contribution < -0.4 is 15.8 Å². The molecule has 1 aliphatic heterocycles. The third-order valence-electron chi connectivity index (χ3n) is 4.58. The first-order valence-electron chi connectivity index (χ1n) is 8.82. The van der Waals surface area contributed by atoms with E-state index in [2.05, 4.69) is 20.4 Å². The number of hydrogen-bond acceptors (Lipinski definition) is 5. The van der Waals surface area contributed by atoms with Gasteiger partial charge in [-0.25, -0.2) is 4.68 Å². The maximum absolute atomic E-state index is 12.4. The van der Waals surface area contributed by atoms with Gasteiger partial charge in [0.2, 0.25) is 11.9 Å². The second-order valence-corrected chi connectivity index (χ2v) is 7.51. The van der Waals surface area contributed by atoms with Gasteiger partial charge in [0.1, 0.15) is 5.39 Å². The van der Waals surface area contributed by atoms with Crippen molar-refractivity contribution in [2.45, 2.75) is 46.1 Å². The minimum Gasteiger partial charge on any atom is -0.356 e. The molecule has 1 fully saturated rings. The van der Waals surface area contributed by atoms with Crippen molar-refractivity contribution in [1.29, 1.82) is 0 Å². The normalized spacial score (nSPS) is 16.4. The number of nitrogens with zero attached hydrogens (tertiary/aromatic N) is 4. The van der Waals surface area contributed by atoms with E-state index in [9.17, 15) is 9.59 Å². The summed E-state index contributed by atoms with van der Waals surface area (Å²) >= 11 is 0. The quantitative estimate of drug-likeness (QED) is 0.871. The van der Waals surface area contributed by atoms with Gasteiger partial charge < -0.3 is 10.2 Å². The van der Waals surface area contributed by atoms with E-state index in [0.717, 1.165) is 12.8 Å². The molecular formula is C17H26N6O2. The van der Waals surface area contributed by atoms with Crippen LogP contribution >= 0.6 is 0 Å². The zero-order valence-electron chi connectivity index (χ0n) is 15.3. The van der Waals surface area contributed by atoms with Crippen LogP contribution in [0, 0.1) is 5.92 Å². The predicted octanol–water partition coefficient (Wildman–Crippen LogP) is 1.23. The van der Waals surface area contributed by atoms with Crippen LogP contribution in [0.15, 0.2) is 11.0 Å². The smallest absolute Gasteiger partial charge is 0.263 e. The molecule has 0 bridgehead atoms. The molecule has 0 spiro atoms. The minimum absolute atomic E-state index is 0.0340. The Morgan fingerprint density at radius 1 is 1.36 bits per heavy atom. The van der Waals surface area contributed by atoms with E-state index in [1.54, 1.807) is 10.9 Å². The Balaban J connectivity index is 1.85. The largest absolute Gasteiger partial charge is 0.356 e. The van der Waals surface area contributed by atoms with Crippen molar-refractivity contribution in [2.75, 3.05) is 24.5 Å². The Hall–Kier alpha value is -2.38. The zero-order valence-corrected chi connectivity index (χ0v) is 15.3. The zero-order chi connectivity index (χ0) is 18.2. The number of aromatic amines is 1. The lowest BCUT2D eigenvalue weighted by atomic mass is 9.96. The second kappa shape index (κ2) is 6.50. The number of rotatable bonds is 3. The first-order chi connectivity index (χ1) is 11.8. The lowest BCUT2D eigenvalue weighted by Crippen LogP contribution is -2.41. The van der Waals surface area contributed by atoms with E-state index in [4.69, 9.17) is 0 Å². The van der Waals surface area contributed by atoms with Crippen molar-refractivity contribution in [2.24, 2.45) is 5.92 Å². The predicted molar refractivity (Wildman–Crippen MR) is 96.8 cm³/mol. The van der Waals surface area contributed by atoms with Gasteiger partial charge in [-0.05, 0) is 40.5 Å². The Bertz CT molecular complexity index is 824. The van der Waals surface area contributed by atoms with Crippen LogP contribution in [0.5, 0.6) is 0 Å². The highest BCUT2D eigenvalue weighted by Gasteiger charge is 2.27. The molecule has 0 radical (unpaired) electrons. The van der Waals surface area contributed by atoms with E-state index in [0.29, 0.717) is 36.6 Å². The molecular weight excluding hydrogens is 320 g/mol. The van der Waals surface area contributed by atoms with Crippen LogP contribution in [-0.4, -0.2) is 45.3 Å². The molecule has 1 saturated heterocycles. The molecule has 0 aliphatic carbocycles. The topological polar surface area (TPSA) is 95.9 Å². The summed E-state index contributed by atoms with van der Waals surface area (Å²) in [6, 6.07) is 0. The van der Waals surface area contributed by atoms with Crippen LogP contribution in [0.2, 0.25) is 0 Å². The monoisotopic (exact) mass is 346 g/mol. The van der Waals surface area contributed by atoms with Gasteiger partial charge in [-0.2, -0.15) is 10.1 Å². The number of hydrogen-bond donors (Lipinski definition) is 2. The maximum Gasteiger partial charge on any atom is 0.263 e. The lowest BCUT2D eigenvalue weighted by molar-refractivity contribution is -0.125. The summed E-state index contributed by atoms with van der Waals surface area (Å²) in [5, 5.41) is 7.71. The average Bonchev–Trinajstić information content (AvgIpc) is 3.00. The van der Waals surface area contributed by atoms with E-state index < -0.39 is 0 Å². The van der Waals surface area contributed by atoms with Crippen LogP contribution in [0.3, 0.4) is 0 Å². The highest BCUT2D eigenvalue weighted by atomic mass is 16.2. The van der Waals surface area contributed by atoms with E-state index in [-0.39, 0.29) is 22.9 Å². The lowest BCUT2D eigenvalue weighted by Gasteiger charge is -2.31. The summed E-state index contributed by atoms with van der Waals surface area (Å²) in [5.74, 6) is 0.703. The molecule has 8 nitrogen and oxygen atoms in total. The number of aromatic nitrogens is 4. The van der Waals surface area contributed by atoms with Gasteiger partial charge in [0.15, 0.2) is 5.65 Å². The number of amides is 1. The summed E-state index contributed by atoms with van der Waals surface area (Å²) in [7, 11) is 0. The fourth-order valence-electron chi connectivity index (χ4n) is 3.22. The van der Waals surface area contributed by atoms with Crippen molar-refractivity contribution in [3.8, 4) is 0 Å². The molecule has 2 aromatic rings. The van der Waals surface area contributed by atoms with Gasteiger partial charge >= 0.3 is 0 Å². The molecule has 1 aliphatic rings. The number of carbonyl (C=O) groups excluding carboxylic acids is 1. The number of H-pyrrole nitrogens is 1. The first-order valence-corrected chi connectivity index (χ1v) is 8.82. The number of piperidine rings is 1. The third-order valence-corrected chi connectivity index (χ3v) is 4.58. The number of fused-ring (bicyclic) bond motifs is 1. The molecule has 2 aromatic heterocycles. The first kappa shape index (κ1) is 17.4. The number of anilines is 1. The summed E-state index contributed by atoms with van der Waals surface area (Å²) in [4.78, 5) is 33.9. The van der Waals surface area contributed by atoms with E-state index in [1.807, 2.05) is 32.6 Å². The Morgan fingerprint density at radius 2 is 2.04 bits per heavy atom. The second-order valence-electron chi connectivity index (χ2n) is 7.51. The van der Waals surface area contributed by atoms with Gasteiger partial charge in [-0.15, -0.1) is 0 Å². The fraction of sp³-hybridized carbons (Fsp3) is 0.647. The summed E-state index contributed by atoms with van der Waals surface area (Å²) in [6.07, 6.45) is 3.08. The highest BCUT2D eigenvalue weighted by molar-refractivity contribution is 5.79. The van der Waals surface area contributed by atoms with Crippen LogP contribution in [0.4, 0.5) is 5.95 Å².